The van der Waals surface area contributed by atoms with Crippen LogP contribution in [0.3, 0.4) is 0 Å². The lowest BCUT2D eigenvalue weighted by atomic mass is 10.0. The maximum atomic E-state index is 11.8. The van der Waals surface area contributed by atoms with Crippen LogP contribution in [0.1, 0.15) is 28.5 Å². The summed E-state index contributed by atoms with van der Waals surface area (Å²) < 4.78 is 7.48. The Morgan fingerprint density at radius 3 is 2.67 bits per heavy atom. The van der Waals surface area contributed by atoms with Crippen molar-refractivity contribution in [3.8, 4) is 28.3 Å². The van der Waals surface area contributed by atoms with Crippen molar-refractivity contribution in [3.63, 3.8) is 0 Å². The molecule has 33 heavy (non-hydrogen) atoms. The Balaban J connectivity index is 1.46. The minimum atomic E-state index is -0.0330. The van der Waals surface area contributed by atoms with Crippen molar-refractivity contribution in [1.29, 1.82) is 0 Å². The number of hydrogen-bond donors (Lipinski definition) is 2. The second-order valence-corrected chi connectivity index (χ2v) is 7.86. The van der Waals surface area contributed by atoms with Gasteiger partial charge >= 0.3 is 0 Å². The standard InChI is InChI=1S/C25H24N6O2/c1-4-31-25(28-19-8-10-21-18(11-19)14-27-24(21)32)29-23(30-31)16-7-9-20(22(12-16)33-3)17-6-5-15(2)26-13-17/h5-13H,4,14H2,1-3H3,(H,27,32)(H,28,29,30). The van der Waals surface area contributed by atoms with E-state index in [4.69, 9.17) is 9.72 Å². The summed E-state index contributed by atoms with van der Waals surface area (Å²) in [5, 5.41) is 10.9. The molecule has 0 bridgehead atoms. The fourth-order valence-corrected chi connectivity index (χ4v) is 3.91. The summed E-state index contributed by atoms with van der Waals surface area (Å²) in [5.41, 5.74) is 6.32. The maximum Gasteiger partial charge on any atom is 0.251 e. The minimum absolute atomic E-state index is 0.0330. The zero-order valence-electron chi connectivity index (χ0n) is 18.7. The van der Waals surface area contributed by atoms with Crippen molar-refractivity contribution in [2.24, 2.45) is 0 Å². The van der Waals surface area contributed by atoms with Gasteiger partial charge in [0.25, 0.3) is 5.91 Å². The van der Waals surface area contributed by atoms with Gasteiger partial charge in [-0.15, -0.1) is 5.10 Å². The summed E-state index contributed by atoms with van der Waals surface area (Å²) in [6.45, 7) is 5.18. The van der Waals surface area contributed by atoms with Gasteiger partial charge in [0.05, 0.1) is 7.11 Å². The van der Waals surface area contributed by atoms with E-state index in [9.17, 15) is 4.79 Å². The Morgan fingerprint density at radius 1 is 1.09 bits per heavy atom. The highest BCUT2D eigenvalue weighted by atomic mass is 16.5. The number of hydrogen-bond acceptors (Lipinski definition) is 6. The van der Waals surface area contributed by atoms with Gasteiger partial charge in [-0.2, -0.15) is 4.98 Å². The van der Waals surface area contributed by atoms with Gasteiger partial charge in [0.15, 0.2) is 5.82 Å². The number of pyridine rings is 1. The topological polar surface area (TPSA) is 94.0 Å². The van der Waals surface area contributed by atoms with Crippen LogP contribution in [0, 0.1) is 6.92 Å². The van der Waals surface area contributed by atoms with E-state index in [0.29, 0.717) is 30.4 Å². The molecule has 166 valence electrons. The van der Waals surface area contributed by atoms with Crippen LogP contribution in [0.5, 0.6) is 5.75 Å². The van der Waals surface area contributed by atoms with Crippen LogP contribution >= 0.6 is 0 Å². The van der Waals surface area contributed by atoms with Gasteiger partial charge in [-0.3, -0.25) is 9.78 Å². The first-order valence-electron chi connectivity index (χ1n) is 10.8. The molecule has 0 radical (unpaired) electrons. The van der Waals surface area contributed by atoms with Gasteiger partial charge in [-0.25, -0.2) is 4.68 Å². The van der Waals surface area contributed by atoms with Crippen LogP contribution in [0.4, 0.5) is 11.6 Å². The van der Waals surface area contributed by atoms with Gasteiger partial charge in [-0.1, -0.05) is 12.1 Å². The van der Waals surface area contributed by atoms with E-state index < -0.39 is 0 Å². The molecule has 0 spiro atoms. The third-order valence-corrected chi connectivity index (χ3v) is 5.70. The number of rotatable bonds is 6. The molecule has 0 saturated carbocycles. The Hall–Kier alpha value is -4.20. The summed E-state index contributed by atoms with van der Waals surface area (Å²) >= 11 is 0. The largest absolute Gasteiger partial charge is 0.496 e. The number of aromatic nitrogens is 4. The molecule has 0 aliphatic carbocycles. The Kier molecular flexibility index (Phi) is 5.26. The van der Waals surface area contributed by atoms with E-state index in [0.717, 1.165) is 39.4 Å². The highest BCUT2D eigenvalue weighted by Crippen LogP contribution is 2.33. The quantitative estimate of drug-likeness (QED) is 0.463. The highest BCUT2D eigenvalue weighted by Gasteiger charge is 2.19. The zero-order valence-corrected chi connectivity index (χ0v) is 18.7. The van der Waals surface area contributed by atoms with E-state index in [2.05, 4.69) is 20.7 Å². The maximum absolute atomic E-state index is 11.8. The lowest BCUT2D eigenvalue weighted by Gasteiger charge is -2.10. The average molecular weight is 441 g/mol. The summed E-state index contributed by atoms with van der Waals surface area (Å²) in [7, 11) is 1.66. The molecule has 0 unspecified atom stereocenters. The number of carbonyl (C=O) groups is 1. The molecule has 2 N–H and O–H groups in total. The molecule has 1 amide bonds. The second kappa shape index (κ2) is 8.38. The molecule has 2 aromatic carbocycles. The van der Waals surface area contributed by atoms with Gasteiger partial charge < -0.3 is 15.4 Å². The van der Waals surface area contributed by atoms with Crippen LogP contribution in [0.2, 0.25) is 0 Å². The van der Waals surface area contributed by atoms with Crippen LogP contribution in [-0.2, 0) is 13.1 Å². The number of benzene rings is 2. The molecule has 3 heterocycles. The van der Waals surface area contributed by atoms with E-state index in [1.54, 1.807) is 7.11 Å². The summed E-state index contributed by atoms with van der Waals surface area (Å²) in [4.78, 5) is 20.9. The van der Waals surface area contributed by atoms with Crippen LogP contribution in [0.25, 0.3) is 22.5 Å². The summed E-state index contributed by atoms with van der Waals surface area (Å²) in [6, 6.07) is 15.6. The average Bonchev–Trinajstić information content (AvgIpc) is 3.42. The SMILES string of the molecule is CCn1nc(-c2ccc(-c3ccc(C)nc3)c(OC)c2)nc1Nc1ccc2c(c1)CNC2=O. The van der Waals surface area contributed by atoms with Crippen molar-refractivity contribution >= 4 is 17.5 Å². The second-order valence-electron chi connectivity index (χ2n) is 7.86. The normalized spacial score (nSPS) is 12.4. The van der Waals surface area contributed by atoms with E-state index >= 15 is 0 Å². The molecule has 0 atom stereocenters. The fourth-order valence-electron chi connectivity index (χ4n) is 3.91. The third kappa shape index (κ3) is 3.91. The van der Waals surface area contributed by atoms with Crippen LogP contribution in [0.15, 0.2) is 54.7 Å². The zero-order chi connectivity index (χ0) is 22.9. The Morgan fingerprint density at radius 2 is 1.91 bits per heavy atom. The van der Waals surface area contributed by atoms with E-state index in [1.807, 2.05) is 73.3 Å². The minimum Gasteiger partial charge on any atom is -0.496 e. The molecular weight excluding hydrogens is 416 g/mol. The number of nitrogens with one attached hydrogen (secondary N) is 2. The first-order valence-corrected chi connectivity index (χ1v) is 10.8. The number of aryl methyl sites for hydroxylation is 2. The summed E-state index contributed by atoms with van der Waals surface area (Å²) in [5.74, 6) is 1.94. The van der Waals surface area contributed by atoms with E-state index in [-0.39, 0.29) is 5.91 Å². The van der Waals surface area contributed by atoms with Crippen molar-refractivity contribution in [2.75, 3.05) is 12.4 Å². The first-order chi connectivity index (χ1) is 16.1. The Labute approximate surface area is 191 Å². The molecule has 8 heteroatoms. The Bertz CT molecular complexity index is 1340. The molecule has 1 aliphatic rings. The number of methoxy groups -OCH3 is 1. The van der Waals surface area contributed by atoms with Crippen molar-refractivity contribution in [2.45, 2.75) is 26.9 Å². The highest BCUT2D eigenvalue weighted by molar-refractivity contribution is 5.98. The lowest BCUT2D eigenvalue weighted by Crippen LogP contribution is -2.12. The first kappa shape index (κ1) is 20.7. The monoisotopic (exact) mass is 440 g/mol. The smallest absolute Gasteiger partial charge is 0.251 e. The molecule has 4 aromatic rings. The van der Waals surface area contributed by atoms with Crippen molar-refractivity contribution in [3.05, 3.63) is 71.5 Å². The molecule has 8 nitrogen and oxygen atoms in total. The fraction of sp³-hybridized carbons (Fsp3) is 0.200. The molecule has 1 aliphatic heterocycles. The summed E-state index contributed by atoms with van der Waals surface area (Å²) in [6.07, 6.45) is 1.85. The number of amides is 1. The number of ether oxygens (including phenoxy) is 1. The van der Waals surface area contributed by atoms with Gasteiger partial charge in [0.2, 0.25) is 5.95 Å². The number of carbonyl (C=O) groups excluding carboxylic acids is 1. The van der Waals surface area contributed by atoms with Gasteiger partial charge in [0.1, 0.15) is 5.75 Å². The number of nitrogens with zero attached hydrogens (tertiary/aromatic N) is 4. The van der Waals surface area contributed by atoms with Gasteiger partial charge in [-0.05, 0) is 55.8 Å². The number of fused-ring (bicyclic) bond motifs is 1. The van der Waals surface area contributed by atoms with Crippen LogP contribution in [-0.4, -0.2) is 32.8 Å². The van der Waals surface area contributed by atoms with Crippen molar-refractivity contribution in [1.82, 2.24) is 25.1 Å². The lowest BCUT2D eigenvalue weighted by molar-refractivity contribution is 0.0966. The predicted molar refractivity (Wildman–Crippen MR) is 127 cm³/mol. The van der Waals surface area contributed by atoms with Crippen molar-refractivity contribution < 1.29 is 9.53 Å². The predicted octanol–water partition coefficient (Wildman–Crippen LogP) is 4.33. The molecule has 2 aromatic heterocycles. The van der Waals surface area contributed by atoms with Gasteiger partial charge in [0, 0.05) is 52.9 Å². The molecular formula is C25H24N6O2. The third-order valence-electron chi connectivity index (χ3n) is 5.70. The molecule has 5 rings (SSSR count). The number of anilines is 2. The van der Waals surface area contributed by atoms with Crippen LogP contribution < -0.4 is 15.4 Å². The molecule has 0 saturated heterocycles. The van der Waals surface area contributed by atoms with E-state index in [1.165, 1.54) is 0 Å². The molecule has 0 fully saturated rings.